The number of hydrogen-bond donors (Lipinski definition) is 3. The van der Waals surface area contributed by atoms with Crippen molar-refractivity contribution in [3.8, 4) is 0 Å². The van der Waals surface area contributed by atoms with Crippen LogP contribution in [-0.2, 0) is 11.8 Å². The highest BCUT2D eigenvalue weighted by Crippen LogP contribution is 2.44. The number of hydrogen-bond acceptors (Lipinski definition) is 2. The maximum atomic E-state index is 13.3. The Morgan fingerprint density at radius 3 is 2.53 bits per heavy atom. The standard InChI is InChI=1S/C24H31FN4O/c1-3-27-23(28-15-12-18-6-4-7-19(16-18)22(30)26-2)29-17-24(13-5-14-24)20-8-10-21(25)11-9-20/h4,6-11,16H,3,5,12-15,17H2,1-2H3,(H,26,30)(H2,27,28,29). The fraction of sp³-hybridized carbons (Fsp3) is 0.417. The molecule has 160 valence electrons. The van der Waals surface area contributed by atoms with E-state index in [-0.39, 0.29) is 17.1 Å². The third-order valence-corrected chi connectivity index (χ3v) is 5.77. The Kier molecular flexibility index (Phi) is 7.44. The lowest BCUT2D eigenvalue weighted by atomic mass is 9.64. The molecule has 0 heterocycles. The average molecular weight is 411 g/mol. The van der Waals surface area contributed by atoms with Crippen LogP contribution in [0.3, 0.4) is 0 Å². The molecule has 0 spiro atoms. The van der Waals surface area contributed by atoms with Crippen molar-refractivity contribution in [3.63, 3.8) is 0 Å². The van der Waals surface area contributed by atoms with E-state index in [9.17, 15) is 9.18 Å². The van der Waals surface area contributed by atoms with Crippen LogP contribution in [0.4, 0.5) is 4.39 Å². The molecule has 0 bridgehead atoms. The van der Waals surface area contributed by atoms with E-state index in [0.717, 1.165) is 37.3 Å². The molecular formula is C24H31FN4O. The monoisotopic (exact) mass is 410 g/mol. The van der Waals surface area contributed by atoms with Gasteiger partial charge in [0.05, 0.1) is 6.54 Å². The van der Waals surface area contributed by atoms with Crippen LogP contribution in [0.15, 0.2) is 53.5 Å². The molecule has 0 aliphatic heterocycles. The molecule has 0 atom stereocenters. The largest absolute Gasteiger partial charge is 0.357 e. The molecule has 1 aliphatic carbocycles. The number of aliphatic imine (C=N–C) groups is 1. The molecule has 6 heteroatoms. The summed E-state index contributed by atoms with van der Waals surface area (Å²) in [7, 11) is 1.64. The second-order valence-corrected chi connectivity index (χ2v) is 7.79. The Morgan fingerprint density at radius 2 is 1.90 bits per heavy atom. The Labute approximate surface area is 178 Å². The molecule has 5 nitrogen and oxygen atoms in total. The smallest absolute Gasteiger partial charge is 0.251 e. The molecule has 2 aromatic carbocycles. The first-order chi connectivity index (χ1) is 14.6. The van der Waals surface area contributed by atoms with E-state index in [1.807, 2.05) is 43.3 Å². The highest BCUT2D eigenvalue weighted by Gasteiger charge is 2.38. The van der Waals surface area contributed by atoms with Crippen LogP contribution in [0.5, 0.6) is 0 Å². The lowest BCUT2D eigenvalue weighted by Gasteiger charge is -2.41. The average Bonchev–Trinajstić information content (AvgIpc) is 2.73. The van der Waals surface area contributed by atoms with Gasteiger partial charge in [0, 0.05) is 31.1 Å². The number of nitrogens with zero attached hydrogens (tertiary/aromatic N) is 1. The second-order valence-electron chi connectivity index (χ2n) is 7.79. The van der Waals surface area contributed by atoms with Gasteiger partial charge in [0.25, 0.3) is 5.91 Å². The molecule has 3 rings (SSSR count). The van der Waals surface area contributed by atoms with Crippen LogP contribution in [0.25, 0.3) is 0 Å². The first-order valence-corrected chi connectivity index (χ1v) is 10.7. The maximum Gasteiger partial charge on any atom is 0.251 e. The third-order valence-electron chi connectivity index (χ3n) is 5.77. The van der Waals surface area contributed by atoms with Gasteiger partial charge in [0.15, 0.2) is 5.96 Å². The summed E-state index contributed by atoms with van der Waals surface area (Å²) in [6.45, 7) is 4.22. The summed E-state index contributed by atoms with van der Waals surface area (Å²) < 4.78 is 13.3. The number of carbonyl (C=O) groups excluding carboxylic acids is 1. The summed E-state index contributed by atoms with van der Waals surface area (Å²) in [4.78, 5) is 16.6. The Morgan fingerprint density at radius 1 is 1.13 bits per heavy atom. The molecule has 0 aromatic heterocycles. The summed E-state index contributed by atoms with van der Waals surface area (Å²) >= 11 is 0. The number of halogens is 1. The number of guanidine groups is 1. The molecule has 1 fully saturated rings. The van der Waals surface area contributed by atoms with E-state index in [4.69, 9.17) is 4.99 Å². The second kappa shape index (κ2) is 10.2. The highest BCUT2D eigenvalue weighted by molar-refractivity contribution is 5.94. The maximum absolute atomic E-state index is 13.3. The van der Waals surface area contributed by atoms with Gasteiger partial charge >= 0.3 is 0 Å². The molecule has 2 aromatic rings. The van der Waals surface area contributed by atoms with Crippen LogP contribution in [-0.4, -0.2) is 38.5 Å². The van der Waals surface area contributed by atoms with Crippen molar-refractivity contribution in [2.24, 2.45) is 4.99 Å². The lowest BCUT2D eigenvalue weighted by Crippen LogP contribution is -2.42. The van der Waals surface area contributed by atoms with Crippen molar-refractivity contribution >= 4 is 11.9 Å². The van der Waals surface area contributed by atoms with E-state index < -0.39 is 0 Å². The Hall–Kier alpha value is -2.89. The number of benzene rings is 2. The van der Waals surface area contributed by atoms with Crippen molar-refractivity contribution < 1.29 is 9.18 Å². The van der Waals surface area contributed by atoms with Gasteiger partial charge < -0.3 is 16.0 Å². The zero-order chi connectivity index (χ0) is 21.4. The topological polar surface area (TPSA) is 65.5 Å². The minimum atomic E-state index is -0.202. The zero-order valence-electron chi connectivity index (χ0n) is 17.8. The molecule has 0 unspecified atom stereocenters. The first kappa shape index (κ1) is 21.8. The molecule has 0 radical (unpaired) electrons. The van der Waals surface area contributed by atoms with Gasteiger partial charge in [-0.15, -0.1) is 0 Å². The van der Waals surface area contributed by atoms with Crippen LogP contribution in [0.2, 0.25) is 0 Å². The molecular weight excluding hydrogens is 379 g/mol. The highest BCUT2D eigenvalue weighted by atomic mass is 19.1. The number of amides is 1. The van der Waals surface area contributed by atoms with E-state index in [0.29, 0.717) is 18.7 Å². The van der Waals surface area contributed by atoms with Crippen molar-refractivity contribution in [2.75, 3.05) is 26.7 Å². The van der Waals surface area contributed by atoms with E-state index >= 15 is 0 Å². The fourth-order valence-corrected chi connectivity index (χ4v) is 3.85. The number of rotatable bonds is 8. The summed E-state index contributed by atoms with van der Waals surface area (Å²) in [6.07, 6.45) is 4.12. The SMILES string of the molecule is CCNC(=NCC1(c2ccc(F)cc2)CCC1)NCCc1cccc(C(=O)NC)c1. The number of nitrogens with one attached hydrogen (secondary N) is 3. The summed E-state index contributed by atoms with van der Waals surface area (Å²) in [5.74, 6) is 0.506. The minimum absolute atomic E-state index is 0.0118. The van der Waals surface area contributed by atoms with Crippen molar-refractivity contribution in [2.45, 2.75) is 38.0 Å². The zero-order valence-corrected chi connectivity index (χ0v) is 17.8. The third kappa shape index (κ3) is 5.38. The van der Waals surface area contributed by atoms with E-state index in [2.05, 4.69) is 16.0 Å². The Bertz CT molecular complexity index is 875. The molecule has 1 amide bonds. The van der Waals surface area contributed by atoms with Crippen molar-refractivity contribution in [1.82, 2.24) is 16.0 Å². The first-order valence-electron chi connectivity index (χ1n) is 10.7. The fourth-order valence-electron chi connectivity index (χ4n) is 3.85. The van der Waals surface area contributed by atoms with Gasteiger partial charge in [0.2, 0.25) is 0 Å². The van der Waals surface area contributed by atoms with Gasteiger partial charge in [-0.2, -0.15) is 0 Å². The van der Waals surface area contributed by atoms with Gasteiger partial charge in [-0.1, -0.05) is 30.7 Å². The van der Waals surface area contributed by atoms with Gasteiger partial charge in [-0.05, 0) is 61.6 Å². The van der Waals surface area contributed by atoms with Crippen LogP contribution < -0.4 is 16.0 Å². The molecule has 1 saturated carbocycles. The van der Waals surface area contributed by atoms with E-state index in [1.165, 1.54) is 24.1 Å². The predicted molar refractivity (Wildman–Crippen MR) is 119 cm³/mol. The van der Waals surface area contributed by atoms with Crippen molar-refractivity contribution in [3.05, 3.63) is 71.0 Å². The number of carbonyl (C=O) groups is 1. The van der Waals surface area contributed by atoms with Gasteiger partial charge in [-0.25, -0.2) is 4.39 Å². The van der Waals surface area contributed by atoms with Crippen LogP contribution in [0.1, 0.15) is 47.7 Å². The quantitative estimate of drug-likeness (QED) is 0.462. The molecule has 30 heavy (non-hydrogen) atoms. The normalized spacial score (nSPS) is 15.2. The minimum Gasteiger partial charge on any atom is -0.357 e. The van der Waals surface area contributed by atoms with Gasteiger partial charge in [-0.3, -0.25) is 9.79 Å². The van der Waals surface area contributed by atoms with Gasteiger partial charge in [0.1, 0.15) is 5.82 Å². The summed E-state index contributed by atoms with van der Waals surface area (Å²) in [6, 6.07) is 14.5. The lowest BCUT2D eigenvalue weighted by molar-refractivity contribution is 0.0963. The van der Waals surface area contributed by atoms with E-state index in [1.54, 1.807) is 7.05 Å². The molecule has 1 aliphatic rings. The molecule has 0 saturated heterocycles. The summed E-state index contributed by atoms with van der Waals surface area (Å²) in [5, 5.41) is 9.35. The van der Waals surface area contributed by atoms with Crippen LogP contribution >= 0.6 is 0 Å². The van der Waals surface area contributed by atoms with Crippen molar-refractivity contribution in [1.29, 1.82) is 0 Å². The Balaban J connectivity index is 1.61. The summed E-state index contributed by atoms with van der Waals surface area (Å²) in [5.41, 5.74) is 2.95. The molecule has 3 N–H and O–H groups in total. The van der Waals surface area contributed by atoms with Crippen LogP contribution in [0, 0.1) is 5.82 Å². The predicted octanol–water partition coefficient (Wildman–Crippen LogP) is 3.40.